The Morgan fingerprint density at radius 2 is 1.41 bits per heavy atom. The smallest absolute Gasteiger partial charge is 0.456 e. The van der Waals surface area contributed by atoms with Crippen molar-refractivity contribution in [2.75, 3.05) is 6.61 Å². The van der Waals surface area contributed by atoms with Crippen LogP contribution in [0.1, 0.15) is 78.1 Å². The lowest BCUT2D eigenvalue weighted by Crippen LogP contribution is -2.41. The highest BCUT2D eigenvalue weighted by molar-refractivity contribution is 5.72. The molecule has 0 aliphatic rings. The highest BCUT2D eigenvalue weighted by Gasteiger charge is 2.58. The molecule has 9 heteroatoms. The highest BCUT2D eigenvalue weighted by Crippen LogP contribution is 2.35. The van der Waals surface area contributed by atoms with Gasteiger partial charge >= 0.3 is 24.0 Å². The van der Waals surface area contributed by atoms with Crippen LogP contribution in [0.25, 0.3) is 0 Å². The number of hydrogen-bond acceptors (Lipinski definition) is 4. The summed E-state index contributed by atoms with van der Waals surface area (Å²) in [5.74, 6) is -6.85. The average molecular weight is 404 g/mol. The van der Waals surface area contributed by atoms with E-state index in [4.69, 9.17) is 4.74 Å². The Labute approximate surface area is 156 Å². The van der Waals surface area contributed by atoms with E-state index in [1.54, 1.807) is 6.92 Å². The number of alkyl halides is 5. The van der Waals surface area contributed by atoms with Gasteiger partial charge in [0.1, 0.15) is 0 Å². The van der Waals surface area contributed by atoms with E-state index in [1.165, 1.54) is 19.3 Å². The quantitative estimate of drug-likeness (QED) is 0.215. The molecule has 0 spiro atoms. The van der Waals surface area contributed by atoms with Gasteiger partial charge in [-0.15, -0.1) is 0 Å². The van der Waals surface area contributed by atoms with E-state index in [0.717, 1.165) is 25.7 Å². The second kappa shape index (κ2) is 12.9. The maximum absolute atomic E-state index is 12.6. The van der Waals surface area contributed by atoms with E-state index < -0.39 is 37.1 Å². The topological polar surface area (TPSA) is 52.6 Å². The van der Waals surface area contributed by atoms with Gasteiger partial charge in [0.2, 0.25) is 0 Å². The van der Waals surface area contributed by atoms with Crippen LogP contribution in [0.15, 0.2) is 0 Å². The van der Waals surface area contributed by atoms with Crippen LogP contribution >= 0.6 is 0 Å². The molecule has 1 atom stereocenters. The Bertz CT molecular complexity index is 438. The summed E-state index contributed by atoms with van der Waals surface area (Å²) in [7, 11) is 0. The third kappa shape index (κ3) is 12.6. The maximum atomic E-state index is 12.6. The molecular formula is C18H29F5O4. The minimum absolute atomic E-state index is 0.0427. The third-order valence-electron chi connectivity index (χ3n) is 3.89. The first-order valence-electron chi connectivity index (χ1n) is 9.29. The summed E-state index contributed by atoms with van der Waals surface area (Å²) in [4.78, 5) is 22.8. The number of hydrogen-bond donors (Lipinski definition) is 0. The van der Waals surface area contributed by atoms with Crippen molar-refractivity contribution < 1.29 is 41.0 Å². The first-order valence-corrected chi connectivity index (χ1v) is 9.29. The molecule has 1 unspecified atom stereocenters. The maximum Gasteiger partial charge on any atom is 0.456 e. The Kier molecular flexibility index (Phi) is 12.2. The molecule has 0 saturated carbocycles. The Hall–Kier alpha value is -1.41. The molecule has 0 N–H and O–H groups in total. The highest BCUT2D eigenvalue weighted by atomic mass is 19.4. The van der Waals surface area contributed by atoms with Crippen molar-refractivity contribution in [3.8, 4) is 0 Å². The average Bonchev–Trinajstić information content (AvgIpc) is 2.55. The van der Waals surface area contributed by atoms with Crippen molar-refractivity contribution in [1.29, 1.82) is 0 Å². The number of unbranched alkanes of at least 4 members (excludes halogenated alkanes) is 5. The second-order valence-corrected chi connectivity index (χ2v) is 6.57. The first-order chi connectivity index (χ1) is 12.5. The van der Waals surface area contributed by atoms with Gasteiger partial charge in [-0.1, -0.05) is 39.0 Å². The lowest BCUT2D eigenvalue weighted by molar-refractivity contribution is -0.294. The van der Waals surface area contributed by atoms with Crippen molar-refractivity contribution in [1.82, 2.24) is 0 Å². The molecule has 27 heavy (non-hydrogen) atoms. The minimum Gasteiger partial charge on any atom is -0.463 e. The van der Waals surface area contributed by atoms with Crippen LogP contribution in [-0.2, 0) is 19.1 Å². The van der Waals surface area contributed by atoms with E-state index in [0.29, 0.717) is 0 Å². The number of carbonyl (C=O) groups is 2. The van der Waals surface area contributed by atoms with Crippen LogP contribution in [0, 0.1) is 0 Å². The number of ether oxygens (including phenoxy) is 2. The SMILES string of the molecule is CCCCCCCCC(C)OC(=O)CCCC(=O)OCC(F)(F)C(F)(F)F. The van der Waals surface area contributed by atoms with Gasteiger partial charge in [0, 0.05) is 12.8 Å². The molecule has 4 nitrogen and oxygen atoms in total. The van der Waals surface area contributed by atoms with Gasteiger partial charge in [-0.3, -0.25) is 9.59 Å². The molecule has 0 radical (unpaired) electrons. The molecule has 0 bridgehead atoms. The fraction of sp³-hybridized carbons (Fsp3) is 0.889. The summed E-state index contributed by atoms with van der Waals surface area (Å²) >= 11 is 0. The monoisotopic (exact) mass is 404 g/mol. The fourth-order valence-electron chi connectivity index (χ4n) is 2.26. The van der Waals surface area contributed by atoms with Gasteiger partial charge < -0.3 is 9.47 Å². The van der Waals surface area contributed by atoms with Crippen LogP contribution in [-0.4, -0.2) is 36.7 Å². The van der Waals surface area contributed by atoms with Crippen LogP contribution < -0.4 is 0 Å². The van der Waals surface area contributed by atoms with Crippen LogP contribution in [0.2, 0.25) is 0 Å². The zero-order chi connectivity index (χ0) is 20.9. The summed E-state index contributed by atoms with van der Waals surface area (Å²) in [6.45, 7) is 1.84. The van der Waals surface area contributed by atoms with Gasteiger partial charge in [0.15, 0.2) is 6.61 Å². The zero-order valence-electron chi connectivity index (χ0n) is 15.9. The van der Waals surface area contributed by atoms with E-state index >= 15 is 0 Å². The van der Waals surface area contributed by atoms with Crippen molar-refractivity contribution in [3.63, 3.8) is 0 Å². The molecule has 0 aromatic carbocycles. The largest absolute Gasteiger partial charge is 0.463 e. The zero-order valence-corrected chi connectivity index (χ0v) is 15.9. The second-order valence-electron chi connectivity index (χ2n) is 6.57. The molecule has 0 saturated heterocycles. The number of rotatable bonds is 14. The lowest BCUT2D eigenvalue weighted by Gasteiger charge is -2.19. The molecule has 0 amide bonds. The molecule has 0 rings (SSSR count). The number of halogens is 5. The summed E-state index contributed by atoms with van der Waals surface area (Å²) in [6, 6.07) is 0. The normalized spacial score (nSPS) is 13.3. The Balaban J connectivity index is 3.82. The number of esters is 2. The van der Waals surface area contributed by atoms with E-state index in [9.17, 15) is 31.5 Å². The third-order valence-corrected chi connectivity index (χ3v) is 3.89. The molecular weight excluding hydrogens is 375 g/mol. The summed E-state index contributed by atoms with van der Waals surface area (Å²) < 4.78 is 70.1. The standard InChI is InChI=1S/C18H29F5O4/c1-3-4-5-6-7-8-10-14(2)27-16(25)12-9-11-15(24)26-13-17(19,20)18(21,22)23/h14H,3-13H2,1-2H3. The van der Waals surface area contributed by atoms with Gasteiger partial charge in [0.05, 0.1) is 6.10 Å². The molecule has 160 valence electrons. The Morgan fingerprint density at radius 1 is 0.852 bits per heavy atom. The number of carbonyl (C=O) groups excluding carboxylic acids is 2. The van der Waals surface area contributed by atoms with Gasteiger partial charge in [-0.05, 0) is 26.2 Å². The van der Waals surface area contributed by atoms with Crippen molar-refractivity contribution >= 4 is 11.9 Å². The lowest BCUT2D eigenvalue weighted by atomic mass is 10.1. The van der Waals surface area contributed by atoms with Gasteiger partial charge in [-0.25, -0.2) is 0 Å². The van der Waals surface area contributed by atoms with E-state index in [-0.39, 0.29) is 18.9 Å². The summed E-state index contributed by atoms with van der Waals surface area (Å²) in [5, 5.41) is 0. The van der Waals surface area contributed by atoms with Crippen molar-refractivity contribution in [2.24, 2.45) is 0 Å². The van der Waals surface area contributed by atoms with E-state index in [1.807, 2.05) is 0 Å². The molecule has 0 aromatic heterocycles. The molecule has 0 heterocycles. The van der Waals surface area contributed by atoms with Crippen molar-refractivity contribution in [2.45, 2.75) is 96.3 Å². The summed E-state index contributed by atoms with van der Waals surface area (Å²) in [6.07, 6.45) is 0.803. The molecule has 0 fully saturated rings. The van der Waals surface area contributed by atoms with Crippen molar-refractivity contribution in [3.05, 3.63) is 0 Å². The molecule has 0 aliphatic heterocycles. The predicted octanol–water partition coefficient (Wildman–Crippen LogP) is 5.58. The minimum atomic E-state index is -5.77. The summed E-state index contributed by atoms with van der Waals surface area (Å²) in [5.41, 5.74) is 0. The van der Waals surface area contributed by atoms with Crippen LogP contribution in [0.4, 0.5) is 22.0 Å². The van der Waals surface area contributed by atoms with Gasteiger partial charge in [0.25, 0.3) is 0 Å². The molecule has 0 aliphatic carbocycles. The molecule has 0 aromatic rings. The predicted molar refractivity (Wildman–Crippen MR) is 89.4 cm³/mol. The fourth-order valence-corrected chi connectivity index (χ4v) is 2.26. The van der Waals surface area contributed by atoms with Crippen LogP contribution in [0.3, 0.4) is 0 Å². The Morgan fingerprint density at radius 3 is 2.00 bits per heavy atom. The first kappa shape index (κ1) is 25.6. The van der Waals surface area contributed by atoms with E-state index in [2.05, 4.69) is 11.7 Å². The van der Waals surface area contributed by atoms with Gasteiger partial charge in [-0.2, -0.15) is 22.0 Å². The van der Waals surface area contributed by atoms with Crippen LogP contribution in [0.5, 0.6) is 0 Å².